The first kappa shape index (κ1) is 16.6. The molecule has 1 amide bonds. The zero-order chi connectivity index (χ0) is 16.2. The lowest BCUT2D eigenvalue weighted by Crippen LogP contribution is -2.45. The number of rotatable bonds is 4. The van der Waals surface area contributed by atoms with Crippen LogP contribution in [0.3, 0.4) is 0 Å². The number of ether oxygens (including phenoxy) is 2. The predicted molar refractivity (Wildman–Crippen MR) is 76.0 cm³/mol. The number of nitrogens with one attached hydrogen (secondary N) is 1. The molecular formula is C14H18N2O5. The number of carbonyl (C=O) groups is 3. The number of nitrogens with two attached hydrogens (primary N) is 1. The molecule has 0 unspecified atom stereocenters. The van der Waals surface area contributed by atoms with Gasteiger partial charge in [0.15, 0.2) is 0 Å². The average Bonchev–Trinajstić information content (AvgIpc) is 2.44. The minimum Gasteiger partial charge on any atom is -0.465 e. The molecule has 0 saturated carbocycles. The maximum Gasteiger partial charge on any atom is 0.337 e. The van der Waals surface area contributed by atoms with E-state index in [1.54, 1.807) is 0 Å². The lowest BCUT2D eigenvalue weighted by atomic mass is 10.1. The van der Waals surface area contributed by atoms with Crippen LogP contribution in [0.25, 0.3) is 0 Å². The average molecular weight is 294 g/mol. The maximum absolute atomic E-state index is 11.9. The minimum atomic E-state index is -1.10. The van der Waals surface area contributed by atoms with Crippen molar-refractivity contribution in [2.45, 2.75) is 19.4 Å². The van der Waals surface area contributed by atoms with Gasteiger partial charge in [-0.25, -0.2) is 9.59 Å². The lowest BCUT2D eigenvalue weighted by Gasteiger charge is -2.18. The normalized spacial score (nSPS) is 10.7. The van der Waals surface area contributed by atoms with Crippen molar-refractivity contribution in [2.75, 3.05) is 19.5 Å². The highest BCUT2D eigenvalue weighted by Crippen LogP contribution is 2.18. The van der Waals surface area contributed by atoms with Crippen molar-refractivity contribution in [3.05, 3.63) is 29.3 Å². The zero-order valence-corrected chi connectivity index (χ0v) is 12.4. The number of anilines is 1. The van der Waals surface area contributed by atoms with Gasteiger partial charge >= 0.3 is 11.9 Å². The highest BCUT2D eigenvalue weighted by molar-refractivity contribution is 6.01. The summed E-state index contributed by atoms with van der Waals surface area (Å²) in [6.45, 7) is 3.07. The second kappa shape index (κ2) is 6.36. The van der Waals surface area contributed by atoms with Crippen LogP contribution in [0.1, 0.15) is 34.6 Å². The van der Waals surface area contributed by atoms with Gasteiger partial charge in [0.1, 0.15) is 0 Å². The molecule has 0 spiro atoms. The van der Waals surface area contributed by atoms with Crippen molar-refractivity contribution in [1.82, 2.24) is 0 Å². The van der Waals surface area contributed by atoms with E-state index in [0.717, 1.165) is 0 Å². The molecule has 114 valence electrons. The molecule has 0 aliphatic heterocycles. The van der Waals surface area contributed by atoms with Crippen LogP contribution in [0.4, 0.5) is 5.69 Å². The molecule has 0 aromatic heterocycles. The molecule has 0 bridgehead atoms. The van der Waals surface area contributed by atoms with Crippen LogP contribution in [0.2, 0.25) is 0 Å². The molecule has 0 atom stereocenters. The second-order valence-corrected chi connectivity index (χ2v) is 4.96. The van der Waals surface area contributed by atoms with E-state index in [2.05, 4.69) is 14.8 Å². The number of benzene rings is 1. The molecule has 1 aromatic carbocycles. The van der Waals surface area contributed by atoms with Crippen LogP contribution < -0.4 is 11.1 Å². The Kier molecular flexibility index (Phi) is 5.04. The quantitative estimate of drug-likeness (QED) is 0.800. The number of esters is 2. The van der Waals surface area contributed by atoms with Crippen LogP contribution in [-0.2, 0) is 14.3 Å². The van der Waals surface area contributed by atoms with Crippen LogP contribution in [0, 0.1) is 0 Å². The molecule has 0 heterocycles. The summed E-state index contributed by atoms with van der Waals surface area (Å²) in [4.78, 5) is 35.1. The third-order valence-corrected chi connectivity index (χ3v) is 2.62. The summed E-state index contributed by atoms with van der Waals surface area (Å²) in [5.41, 5.74) is 5.06. The molecule has 0 aliphatic carbocycles. The highest BCUT2D eigenvalue weighted by Gasteiger charge is 2.23. The monoisotopic (exact) mass is 294 g/mol. The highest BCUT2D eigenvalue weighted by atomic mass is 16.5. The van der Waals surface area contributed by atoms with Gasteiger partial charge in [0, 0.05) is 5.69 Å². The molecule has 1 aromatic rings. The number of amides is 1. The van der Waals surface area contributed by atoms with Gasteiger partial charge < -0.3 is 20.5 Å². The summed E-state index contributed by atoms with van der Waals surface area (Å²) in [6.07, 6.45) is 0. The van der Waals surface area contributed by atoms with E-state index in [1.807, 2.05) is 0 Å². The number of hydrogen-bond donors (Lipinski definition) is 2. The Morgan fingerprint density at radius 2 is 1.43 bits per heavy atom. The summed E-state index contributed by atoms with van der Waals surface area (Å²) >= 11 is 0. The Labute approximate surface area is 122 Å². The van der Waals surface area contributed by atoms with E-state index in [0.29, 0.717) is 0 Å². The maximum atomic E-state index is 11.9. The first-order valence-corrected chi connectivity index (χ1v) is 6.11. The molecule has 0 fully saturated rings. The Morgan fingerprint density at radius 1 is 1.00 bits per heavy atom. The van der Waals surface area contributed by atoms with Crippen molar-refractivity contribution in [2.24, 2.45) is 5.73 Å². The number of hydrogen-bond acceptors (Lipinski definition) is 6. The molecule has 0 saturated heterocycles. The lowest BCUT2D eigenvalue weighted by molar-refractivity contribution is -0.120. The van der Waals surface area contributed by atoms with Crippen molar-refractivity contribution < 1.29 is 23.9 Å². The fourth-order valence-electron chi connectivity index (χ4n) is 1.46. The minimum absolute atomic E-state index is 0.116. The van der Waals surface area contributed by atoms with E-state index < -0.39 is 23.4 Å². The molecule has 21 heavy (non-hydrogen) atoms. The smallest absolute Gasteiger partial charge is 0.337 e. The second-order valence-electron chi connectivity index (χ2n) is 4.96. The van der Waals surface area contributed by atoms with Gasteiger partial charge in [0.05, 0.1) is 30.9 Å². The van der Waals surface area contributed by atoms with E-state index in [4.69, 9.17) is 5.73 Å². The predicted octanol–water partition coefficient (Wildman–Crippen LogP) is 0.936. The molecule has 7 heteroatoms. The van der Waals surface area contributed by atoms with E-state index in [9.17, 15) is 14.4 Å². The Hall–Kier alpha value is -2.41. The fraction of sp³-hybridized carbons (Fsp3) is 0.357. The van der Waals surface area contributed by atoms with Crippen LogP contribution in [0.5, 0.6) is 0 Å². The topological polar surface area (TPSA) is 108 Å². The Balaban J connectivity index is 3.22. The largest absolute Gasteiger partial charge is 0.465 e. The third-order valence-electron chi connectivity index (χ3n) is 2.62. The van der Waals surface area contributed by atoms with Gasteiger partial charge in [-0.15, -0.1) is 0 Å². The molecule has 7 nitrogen and oxygen atoms in total. The SMILES string of the molecule is COC(=O)c1cc(NC(=O)C(C)(C)N)cc(C(=O)OC)c1. The number of carbonyl (C=O) groups excluding carboxylic acids is 3. The Bertz CT molecular complexity index is 541. The molecule has 0 radical (unpaired) electrons. The summed E-state index contributed by atoms with van der Waals surface area (Å²) in [6, 6.07) is 4.10. The third kappa shape index (κ3) is 4.28. The van der Waals surface area contributed by atoms with Gasteiger partial charge in [-0.2, -0.15) is 0 Å². The van der Waals surface area contributed by atoms with Crippen LogP contribution in [-0.4, -0.2) is 37.6 Å². The van der Waals surface area contributed by atoms with Crippen molar-refractivity contribution >= 4 is 23.5 Å². The van der Waals surface area contributed by atoms with Crippen LogP contribution >= 0.6 is 0 Å². The first-order valence-electron chi connectivity index (χ1n) is 6.11. The molecular weight excluding hydrogens is 276 g/mol. The first-order chi connectivity index (χ1) is 9.68. The standard InChI is InChI=1S/C14H18N2O5/c1-14(2,15)13(19)16-10-6-8(11(17)20-3)5-9(7-10)12(18)21-4/h5-7H,15H2,1-4H3,(H,16,19). The van der Waals surface area contributed by atoms with Crippen molar-refractivity contribution in [3.63, 3.8) is 0 Å². The van der Waals surface area contributed by atoms with Gasteiger partial charge in [-0.1, -0.05) is 0 Å². The molecule has 3 N–H and O–H groups in total. The van der Waals surface area contributed by atoms with E-state index in [1.165, 1.54) is 46.3 Å². The summed E-state index contributed by atoms with van der Waals surface area (Å²) in [7, 11) is 2.43. The fourth-order valence-corrected chi connectivity index (χ4v) is 1.46. The Morgan fingerprint density at radius 3 is 1.76 bits per heavy atom. The van der Waals surface area contributed by atoms with Gasteiger partial charge in [-0.3, -0.25) is 4.79 Å². The van der Waals surface area contributed by atoms with Crippen molar-refractivity contribution in [3.8, 4) is 0 Å². The van der Waals surface area contributed by atoms with Crippen LogP contribution in [0.15, 0.2) is 18.2 Å². The number of methoxy groups -OCH3 is 2. The molecule has 0 aliphatic rings. The van der Waals surface area contributed by atoms with E-state index in [-0.39, 0.29) is 16.8 Å². The van der Waals surface area contributed by atoms with Gasteiger partial charge in [-0.05, 0) is 32.0 Å². The summed E-state index contributed by atoms with van der Waals surface area (Å²) in [5, 5.41) is 2.54. The summed E-state index contributed by atoms with van der Waals surface area (Å²) < 4.78 is 9.21. The van der Waals surface area contributed by atoms with Gasteiger partial charge in [0.2, 0.25) is 5.91 Å². The van der Waals surface area contributed by atoms with Crippen molar-refractivity contribution in [1.29, 1.82) is 0 Å². The van der Waals surface area contributed by atoms with E-state index >= 15 is 0 Å². The zero-order valence-electron chi connectivity index (χ0n) is 12.4. The van der Waals surface area contributed by atoms with Gasteiger partial charge in [0.25, 0.3) is 0 Å². The molecule has 1 rings (SSSR count). The summed E-state index contributed by atoms with van der Waals surface area (Å²) in [5.74, 6) is -1.73.